The fraction of sp³-hybridized carbons (Fsp3) is 0.188. The highest BCUT2D eigenvalue weighted by atomic mass is 32.2. The molecule has 3 nitrogen and oxygen atoms in total. The van der Waals surface area contributed by atoms with Crippen LogP contribution < -0.4 is 10.1 Å². The molecule has 0 aliphatic carbocycles. The molecule has 2 aromatic rings. The maximum absolute atomic E-state index is 12.2. The lowest BCUT2D eigenvalue weighted by Gasteiger charge is -2.08. The molecular formula is C16H15F2NO2S2. The van der Waals surface area contributed by atoms with Crippen LogP contribution in [-0.2, 0) is 4.79 Å². The fourth-order valence-corrected chi connectivity index (χ4v) is 2.64. The van der Waals surface area contributed by atoms with Crippen LogP contribution in [0.25, 0.3) is 0 Å². The van der Waals surface area contributed by atoms with Crippen LogP contribution >= 0.6 is 23.5 Å². The van der Waals surface area contributed by atoms with Crippen molar-refractivity contribution in [3.05, 3.63) is 48.5 Å². The van der Waals surface area contributed by atoms with E-state index in [0.29, 0.717) is 28.1 Å². The SMILES string of the molecule is CSc1ccc(OCC(=O)Nc2ccc(SC(F)F)cc2)cc1. The van der Waals surface area contributed by atoms with E-state index in [4.69, 9.17) is 4.74 Å². The molecule has 1 amide bonds. The lowest BCUT2D eigenvalue weighted by Crippen LogP contribution is -2.20. The predicted molar refractivity (Wildman–Crippen MR) is 90.7 cm³/mol. The minimum atomic E-state index is -2.46. The van der Waals surface area contributed by atoms with Gasteiger partial charge in [-0.2, -0.15) is 8.78 Å². The first-order valence-corrected chi connectivity index (χ1v) is 8.79. The van der Waals surface area contributed by atoms with Gasteiger partial charge in [-0.3, -0.25) is 4.79 Å². The molecule has 0 spiro atoms. The van der Waals surface area contributed by atoms with Gasteiger partial charge in [0.1, 0.15) is 5.75 Å². The summed E-state index contributed by atoms with van der Waals surface area (Å²) in [7, 11) is 0. The number of amides is 1. The molecule has 0 heterocycles. The van der Waals surface area contributed by atoms with Crippen molar-refractivity contribution in [1.29, 1.82) is 0 Å². The molecule has 23 heavy (non-hydrogen) atoms. The summed E-state index contributed by atoms with van der Waals surface area (Å²) in [5, 5.41) is 2.65. The van der Waals surface area contributed by atoms with E-state index in [9.17, 15) is 13.6 Å². The first-order chi connectivity index (χ1) is 11.1. The first kappa shape index (κ1) is 17.6. The van der Waals surface area contributed by atoms with Crippen LogP contribution in [0.5, 0.6) is 5.75 Å². The Morgan fingerprint density at radius 1 is 1.09 bits per heavy atom. The summed E-state index contributed by atoms with van der Waals surface area (Å²) in [4.78, 5) is 13.4. The number of carbonyl (C=O) groups is 1. The summed E-state index contributed by atoms with van der Waals surface area (Å²) in [6.07, 6.45) is 1.98. The molecule has 0 unspecified atom stereocenters. The third-order valence-corrected chi connectivity index (χ3v) is 4.26. The Morgan fingerprint density at radius 3 is 2.26 bits per heavy atom. The number of thioether (sulfide) groups is 2. The zero-order valence-electron chi connectivity index (χ0n) is 12.3. The number of alkyl halides is 2. The van der Waals surface area contributed by atoms with Gasteiger partial charge in [0.05, 0.1) is 0 Å². The molecule has 0 saturated heterocycles. The molecule has 1 N–H and O–H groups in total. The molecule has 2 rings (SSSR count). The highest BCUT2D eigenvalue weighted by Crippen LogP contribution is 2.26. The van der Waals surface area contributed by atoms with Gasteiger partial charge in [-0.15, -0.1) is 11.8 Å². The molecule has 0 saturated carbocycles. The van der Waals surface area contributed by atoms with E-state index in [1.807, 2.05) is 18.4 Å². The van der Waals surface area contributed by atoms with Crippen molar-refractivity contribution in [3.8, 4) is 5.75 Å². The Hall–Kier alpha value is -1.73. The quantitative estimate of drug-likeness (QED) is 0.728. The van der Waals surface area contributed by atoms with E-state index >= 15 is 0 Å². The number of halogens is 2. The number of ether oxygens (including phenoxy) is 1. The minimum Gasteiger partial charge on any atom is -0.484 e. The monoisotopic (exact) mass is 355 g/mol. The number of hydrogen-bond acceptors (Lipinski definition) is 4. The van der Waals surface area contributed by atoms with Crippen molar-refractivity contribution >= 4 is 35.1 Å². The van der Waals surface area contributed by atoms with E-state index in [2.05, 4.69) is 5.32 Å². The maximum Gasteiger partial charge on any atom is 0.288 e. The summed E-state index contributed by atoms with van der Waals surface area (Å²) in [6, 6.07) is 13.7. The highest BCUT2D eigenvalue weighted by Gasteiger charge is 2.07. The first-order valence-electron chi connectivity index (χ1n) is 6.68. The summed E-state index contributed by atoms with van der Waals surface area (Å²) in [5.41, 5.74) is 0.537. The summed E-state index contributed by atoms with van der Waals surface area (Å²) in [5.74, 6) is -2.16. The topological polar surface area (TPSA) is 38.3 Å². The van der Waals surface area contributed by atoms with Crippen LogP contribution in [0.4, 0.5) is 14.5 Å². The van der Waals surface area contributed by atoms with Crippen molar-refractivity contribution in [2.75, 3.05) is 18.2 Å². The number of nitrogens with one attached hydrogen (secondary N) is 1. The van der Waals surface area contributed by atoms with E-state index in [1.165, 1.54) is 12.1 Å². The average molecular weight is 355 g/mol. The number of anilines is 1. The van der Waals surface area contributed by atoms with E-state index in [1.54, 1.807) is 36.0 Å². The molecule has 0 aliphatic rings. The predicted octanol–water partition coefficient (Wildman–Crippen LogP) is 4.74. The van der Waals surface area contributed by atoms with Crippen molar-refractivity contribution in [1.82, 2.24) is 0 Å². The van der Waals surface area contributed by atoms with Crippen molar-refractivity contribution < 1.29 is 18.3 Å². The molecule has 7 heteroatoms. The van der Waals surface area contributed by atoms with Crippen molar-refractivity contribution in [3.63, 3.8) is 0 Å². The normalized spacial score (nSPS) is 10.6. The number of benzene rings is 2. The largest absolute Gasteiger partial charge is 0.484 e. The van der Waals surface area contributed by atoms with Gasteiger partial charge in [0.2, 0.25) is 0 Å². The standard InChI is InChI=1S/C16H15F2NO2S2/c1-22-13-8-4-12(5-9-13)21-10-15(20)19-11-2-6-14(7-3-11)23-16(17)18/h2-9,16H,10H2,1H3,(H,19,20). The Morgan fingerprint density at radius 2 is 1.70 bits per heavy atom. The molecule has 0 fully saturated rings. The van der Waals surface area contributed by atoms with Crippen LogP contribution in [0, 0.1) is 0 Å². The molecule has 2 aromatic carbocycles. The van der Waals surface area contributed by atoms with Crippen LogP contribution in [0.15, 0.2) is 58.3 Å². The van der Waals surface area contributed by atoms with Crippen LogP contribution in [-0.4, -0.2) is 24.5 Å². The average Bonchev–Trinajstić information content (AvgIpc) is 2.55. The van der Waals surface area contributed by atoms with Gasteiger partial charge < -0.3 is 10.1 Å². The smallest absolute Gasteiger partial charge is 0.288 e. The Balaban J connectivity index is 1.81. The third-order valence-electron chi connectivity index (χ3n) is 2.79. The van der Waals surface area contributed by atoms with E-state index < -0.39 is 5.76 Å². The Bertz CT molecular complexity index is 634. The van der Waals surface area contributed by atoms with Crippen molar-refractivity contribution in [2.45, 2.75) is 15.5 Å². The van der Waals surface area contributed by atoms with E-state index in [-0.39, 0.29) is 12.5 Å². The van der Waals surface area contributed by atoms with Gasteiger partial charge in [0.25, 0.3) is 11.7 Å². The number of rotatable bonds is 7. The fourth-order valence-electron chi connectivity index (χ4n) is 1.74. The molecule has 0 aromatic heterocycles. The highest BCUT2D eigenvalue weighted by molar-refractivity contribution is 7.99. The zero-order valence-corrected chi connectivity index (χ0v) is 13.9. The lowest BCUT2D eigenvalue weighted by molar-refractivity contribution is -0.118. The van der Waals surface area contributed by atoms with Gasteiger partial charge in [0.15, 0.2) is 6.61 Å². The van der Waals surface area contributed by atoms with Gasteiger partial charge in [-0.1, -0.05) is 11.8 Å². The van der Waals surface area contributed by atoms with Crippen molar-refractivity contribution in [2.24, 2.45) is 0 Å². The Labute approximate surface area is 141 Å². The van der Waals surface area contributed by atoms with Crippen LogP contribution in [0.2, 0.25) is 0 Å². The Kier molecular flexibility index (Phi) is 6.73. The van der Waals surface area contributed by atoms with Gasteiger partial charge in [-0.05, 0) is 54.8 Å². The second-order valence-electron chi connectivity index (χ2n) is 4.42. The molecule has 0 aliphatic heterocycles. The summed E-state index contributed by atoms with van der Waals surface area (Å²) >= 11 is 2.09. The number of carbonyl (C=O) groups excluding carboxylic acids is 1. The molecule has 0 radical (unpaired) electrons. The molecule has 0 bridgehead atoms. The maximum atomic E-state index is 12.2. The summed E-state index contributed by atoms with van der Waals surface area (Å²) < 4.78 is 29.8. The zero-order chi connectivity index (χ0) is 16.7. The number of hydrogen-bond donors (Lipinski definition) is 1. The minimum absolute atomic E-state index is 0.119. The summed E-state index contributed by atoms with van der Waals surface area (Å²) in [6.45, 7) is -0.119. The molecule has 122 valence electrons. The molecule has 0 atom stereocenters. The van der Waals surface area contributed by atoms with Gasteiger partial charge in [0, 0.05) is 15.5 Å². The lowest BCUT2D eigenvalue weighted by atomic mass is 10.3. The van der Waals surface area contributed by atoms with Crippen LogP contribution in [0.1, 0.15) is 0 Å². The second kappa shape index (κ2) is 8.79. The van der Waals surface area contributed by atoms with Gasteiger partial charge in [-0.25, -0.2) is 0 Å². The third kappa shape index (κ3) is 6.11. The van der Waals surface area contributed by atoms with Crippen LogP contribution in [0.3, 0.4) is 0 Å². The second-order valence-corrected chi connectivity index (χ2v) is 6.36. The molecular weight excluding hydrogens is 340 g/mol. The van der Waals surface area contributed by atoms with E-state index in [0.717, 1.165) is 4.90 Å². The van der Waals surface area contributed by atoms with Gasteiger partial charge >= 0.3 is 0 Å².